The van der Waals surface area contributed by atoms with Gasteiger partial charge in [-0.1, -0.05) is 30.7 Å². The number of carbonyl (C=O) groups excluding carboxylic acids is 1. The normalized spacial score (nSPS) is 20.2. The first-order chi connectivity index (χ1) is 15.8. The van der Waals surface area contributed by atoms with Crippen LogP contribution in [0.4, 0.5) is 0 Å². The molecule has 33 heavy (non-hydrogen) atoms. The van der Waals surface area contributed by atoms with Gasteiger partial charge in [0.25, 0.3) is 5.91 Å². The quantitative estimate of drug-likeness (QED) is 0.478. The zero-order valence-corrected chi connectivity index (χ0v) is 19.4. The predicted molar refractivity (Wildman–Crippen MR) is 125 cm³/mol. The number of aliphatic carboxylic acids is 1. The smallest absolute Gasteiger partial charge is 0.329 e. The molecule has 178 valence electrons. The van der Waals surface area contributed by atoms with E-state index in [1.165, 1.54) is 0 Å². The van der Waals surface area contributed by atoms with Gasteiger partial charge in [-0.3, -0.25) is 4.79 Å². The van der Waals surface area contributed by atoms with Crippen molar-refractivity contribution in [2.75, 3.05) is 19.8 Å². The Labute approximate surface area is 198 Å². The molecule has 0 aliphatic heterocycles. The maximum absolute atomic E-state index is 13.0. The highest BCUT2D eigenvalue weighted by molar-refractivity contribution is 6.30. The van der Waals surface area contributed by atoms with E-state index in [2.05, 4.69) is 12.2 Å². The summed E-state index contributed by atoms with van der Waals surface area (Å²) in [5.74, 6) is -0.299. The van der Waals surface area contributed by atoms with Gasteiger partial charge in [-0.15, -0.1) is 0 Å². The molecule has 0 unspecified atom stereocenters. The lowest BCUT2D eigenvalue weighted by molar-refractivity contribution is -0.146. The van der Waals surface area contributed by atoms with Crippen LogP contribution in [0.25, 0.3) is 0 Å². The summed E-state index contributed by atoms with van der Waals surface area (Å²) in [7, 11) is 0. The van der Waals surface area contributed by atoms with E-state index in [9.17, 15) is 14.7 Å². The van der Waals surface area contributed by atoms with E-state index in [-0.39, 0.29) is 18.8 Å². The molecule has 0 heterocycles. The second-order valence-electron chi connectivity index (χ2n) is 8.49. The molecule has 3 N–H and O–H groups in total. The average molecular weight is 476 g/mol. The molecule has 8 heteroatoms. The topological polar surface area (TPSA) is 105 Å². The molecule has 1 amide bonds. The Morgan fingerprint density at radius 1 is 1.09 bits per heavy atom. The summed E-state index contributed by atoms with van der Waals surface area (Å²) in [5, 5.41) is 22.3. The van der Waals surface area contributed by atoms with Crippen LogP contribution < -0.4 is 14.8 Å². The minimum atomic E-state index is -1.26. The van der Waals surface area contributed by atoms with Gasteiger partial charge in [0, 0.05) is 17.0 Å². The molecule has 0 atom stereocenters. The molecule has 1 fully saturated rings. The fourth-order valence-corrected chi connectivity index (χ4v) is 4.16. The highest BCUT2D eigenvalue weighted by Crippen LogP contribution is 2.33. The minimum Gasteiger partial charge on any atom is -0.489 e. The van der Waals surface area contributed by atoms with Crippen LogP contribution in [0.3, 0.4) is 0 Å². The van der Waals surface area contributed by atoms with Gasteiger partial charge >= 0.3 is 5.97 Å². The van der Waals surface area contributed by atoms with Crippen LogP contribution in [0.5, 0.6) is 11.5 Å². The molecule has 1 saturated carbocycles. The van der Waals surface area contributed by atoms with Crippen molar-refractivity contribution >= 4 is 23.5 Å². The van der Waals surface area contributed by atoms with E-state index in [1.807, 2.05) is 18.2 Å². The van der Waals surface area contributed by atoms with Gasteiger partial charge in [0.2, 0.25) is 0 Å². The summed E-state index contributed by atoms with van der Waals surface area (Å²) in [5.41, 5.74) is 0.0241. The fraction of sp³-hybridized carbons (Fsp3) is 0.440. The molecule has 0 radical (unpaired) electrons. The van der Waals surface area contributed by atoms with Gasteiger partial charge in [0.15, 0.2) is 11.5 Å². The van der Waals surface area contributed by atoms with Gasteiger partial charge < -0.3 is 25.0 Å². The van der Waals surface area contributed by atoms with E-state index in [0.29, 0.717) is 48.3 Å². The van der Waals surface area contributed by atoms with Crippen LogP contribution >= 0.6 is 11.6 Å². The SMILES string of the molecule is C[C@H]1CC[C@@](NC(=O)c2ccc(OCCO)c(OCCc3cccc(Cl)c3)c2)(C(=O)O)CC1. The Morgan fingerprint density at radius 3 is 2.48 bits per heavy atom. The molecule has 2 aromatic carbocycles. The number of hydrogen-bond acceptors (Lipinski definition) is 5. The number of nitrogens with one attached hydrogen (secondary N) is 1. The van der Waals surface area contributed by atoms with E-state index >= 15 is 0 Å². The summed E-state index contributed by atoms with van der Waals surface area (Å²) >= 11 is 6.03. The second-order valence-corrected chi connectivity index (χ2v) is 8.92. The maximum Gasteiger partial charge on any atom is 0.329 e. The van der Waals surface area contributed by atoms with Crippen molar-refractivity contribution in [3.63, 3.8) is 0 Å². The number of aliphatic hydroxyl groups excluding tert-OH is 1. The molecule has 7 nitrogen and oxygen atoms in total. The number of halogens is 1. The lowest BCUT2D eigenvalue weighted by Crippen LogP contribution is -2.56. The van der Waals surface area contributed by atoms with Crippen LogP contribution in [0, 0.1) is 5.92 Å². The summed E-state index contributed by atoms with van der Waals surface area (Å²) in [6.07, 6.45) is 2.89. The number of carbonyl (C=O) groups is 2. The fourth-order valence-electron chi connectivity index (χ4n) is 3.95. The van der Waals surface area contributed by atoms with Gasteiger partial charge in [-0.2, -0.15) is 0 Å². The van der Waals surface area contributed by atoms with Gasteiger partial charge in [-0.05, 0) is 67.5 Å². The predicted octanol–water partition coefficient (Wildman–Crippen LogP) is 4.10. The van der Waals surface area contributed by atoms with Crippen LogP contribution in [0.2, 0.25) is 5.02 Å². The first-order valence-electron chi connectivity index (χ1n) is 11.1. The largest absolute Gasteiger partial charge is 0.489 e. The lowest BCUT2D eigenvalue weighted by atomic mass is 9.77. The van der Waals surface area contributed by atoms with Crippen molar-refractivity contribution in [1.29, 1.82) is 0 Å². The average Bonchev–Trinajstić information content (AvgIpc) is 2.79. The summed E-state index contributed by atoms with van der Waals surface area (Å²) in [4.78, 5) is 25.0. The minimum absolute atomic E-state index is 0.0799. The van der Waals surface area contributed by atoms with Crippen molar-refractivity contribution in [3.8, 4) is 11.5 Å². The first-order valence-corrected chi connectivity index (χ1v) is 11.5. The van der Waals surface area contributed by atoms with Crippen LogP contribution in [0.1, 0.15) is 48.5 Å². The van der Waals surface area contributed by atoms with Crippen molar-refractivity contribution in [1.82, 2.24) is 5.32 Å². The number of ether oxygens (including phenoxy) is 2. The maximum atomic E-state index is 13.0. The molecule has 0 bridgehead atoms. The van der Waals surface area contributed by atoms with Gasteiger partial charge in [0.05, 0.1) is 13.2 Å². The van der Waals surface area contributed by atoms with E-state index in [0.717, 1.165) is 18.4 Å². The third kappa shape index (κ3) is 6.62. The third-order valence-corrected chi connectivity index (χ3v) is 6.22. The molecular formula is C25H30ClNO6. The number of aliphatic hydroxyl groups is 1. The number of benzene rings is 2. The molecule has 1 aliphatic rings. The summed E-state index contributed by atoms with van der Waals surface area (Å²) in [6.45, 7) is 2.32. The third-order valence-electron chi connectivity index (χ3n) is 5.98. The highest BCUT2D eigenvalue weighted by atomic mass is 35.5. The molecule has 3 rings (SSSR count). The Kier molecular flexibility index (Phi) is 8.58. The van der Waals surface area contributed by atoms with Gasteiger partial charge in [-0.25, -0.2) is 4.79 Å². The molecule has 0 spiro atoms. The monoisotopic (exact) mass is 475 g/mol. The molecule has 1 aliphatic carbocycles. The van der Waals surface area contributed by atoms with Crippen LogP contribution in [0.15, 0.2) is 42.5 Å². The number of carboxylic acids is 1. The van der Waals surface area contributed by atoms with Crippen molar-refractivity contribution in [2.24, 2.45) is 5.92 Å². The zero-order chi connectivity index (χ0) is 23.8. The number of carboxylic acid groups (broad SMARTS) is 1. The Balaban J connectivity index is 1.74. The van der Waals surface area contributed by atoms with Crippen molar-refractivity contribution < 1.29 is 29.3 Å². The number of hydrogen-bond donors (Lipinski definition) is 3. The van der Waals surface area contributed by atoms with Crippen LogP contribution in [-0.2, 0) is 11.2 Å². The van der Waals surface area contributed by atoms with Crippen molar-refractivity contribution in [2.45, 2.75) is 44.6 Å². The molecular weight excluding hydrogens is 446 g/mol. The molecule has 0 aromatic heterocycles. The number of amides is 1. The van der Waals surface area contributed by atoms with Crippen LogP contribution in [-0.4, -0.2) is 47.4 Å². The zero-order valence-electron chi connectivity index (χ0n) is 18.7. The van der Waals surface area contributed by atoms with Crippen molar-refractivity contribution in [3.05, 3.63) is 58.6 Å². The van der Waals surface area contributed by atoms with Gasteiger partial charge in [0.1, 0.15) is 12.1 Å². The van der Waals surface area contributed by atoms with E-state index in [1.54, 1.807) is 24.3 Å². The second kappa shape index (κ2) is 11.4. The summed E-state index contributed by atoms with van der Waals surface area (Å²) in [6, 6.07) is 12.2. The standard InChI is InChI=1S/C25H30ClNO6/c1-17-7-10-25(11-8-17,24(30)31)27-23(29)19-5-6-21(33-14-12-28)22(16-19)32-13-9-18-3-2-4-20(26)15-18/h2-6,15-17,28H,7-14H2,1H3,(H,27,29)(H,30,31)/t17-,25-. The lowest BCUT2D eigenvalue weighted by Gasteiger charge is -2.36. The van der Waals surface area contributed by atoms with E-state index in [4.69, 9.17) is 26.2 Å². The number of rotatable bonds is 10. The Bertz CT molecular complexity index is 971. The first kappa shape index (κ1) is 24.9. The molecule has 0 saturated heterocycles. The Morgan fingerprint density at radius 2 is 1.82 bits per heavy atom. The molecule has 2 aromatic rings. The highest BCUT2D eigenvalue weighted by Gasteiger charge is 2.42. The van der Waals surface area contributed by atoms with E-state index < -0.39 is 17.4 Å². The Hall–Kier alpha value is -2.77. The summed E-state index contributed by atoms with van der Waals surface area (Å²) < 4.78 is 11.4.